The van der Waals surface area contributed by atoms with Gasteiger partial charge < -0.3 is 14.6 Å². The van der Waals surface area contributed by atoms with Crippen molar-refractivity contribution in [1.82, 2.24) is 39.6 Å². The van der Waals surface area contributed by atoms with Gasteiger partial charge in [0, 0.05) is 51.7 Å². The summed E-state index contributed by atoms with van der Waals surface area (Å²) in [7, 11) is 0. The molecule has 1 unspecified atom stereocenters. The molecule has 1 atom stereocenters. The van der Waals surface area contributed by atoms with E-state index in [-0.39, 0.29) is 22.2 Å². The van der Waals surface area contributed by atoms with Crippen molar-refractivity contribution in [2.45, 2.75) is 25.7 Å². The van der Waals surface area contributed by atoms with Gasteiger partial charge in [0.2, 0.25) is 0 Å². The van der Waals surface area contributed by atoms with Crippen molar-refractivity contribution in [1.29, 1.82) is 0 Å². The van der Waals surface area contributed by atoms with Gasteiger partial charge in [-0.2, -0.15) is 0 Å². The quantitative estimate of drug-likeness (QED) is 0.300. The summed E-state index contributed by atoms with van der Waals surface area (Å²) in [5.74, 6) is 0.679. The van der Waals surface area contributed by atoms with Crippen LogP contribution < -0.4 is 0 Å². The first-order chi connectivity index (χ1) is 19.4. The number of carbonyl (C=O) groups is 1. The van der Waals surface area contributed by atoms with E-state index in [1.165, 1.54) is 16.8 Å². The molecule has 0 saturated carbocycles. The lowest BCUT2D eigenvalue weighted by Gasteiger charge is -2.28. The maximum atomic E-state index is 14.2. The van der Waals surface area contributed by atoms with E-state index in [4.69, 9.17) is 11.6 Å². The van der Waals surface area contributed by atoms with Crippen LogP contribution in [0.25, 0.3) is 11.4 Å². The van der Waals surface area contributed by atoms with E-state index in [1.807, 2.05) is 22.8 Å². The second kappa shape index (κ2) is 10.9. The highest BCUT2D eigenvalue weighted by Crippen LogP contribution is 2.26. The molecule has 1 aliphatic heterocycles. The number of fused-ring (bicyclic) bond motifs is 1. The Morgan fingerprint density at radius 1 is 1.10 bits per heavy atom. The zero-order valence-electron chi connectivity index (χ0n) is 20.8. The van der Waals surface area contributed by atoms with Crippen LogP contribution in [0.15, 0.2) is 71.6 Å². The zero-order valence-corrected chi connectivity index (χ0v) is 23.2. The van der Waals surface area contributed by atoms with Gasteiger partial charge in [-0.15, -0.1) is 15.3 Å². The minimum absolute atomic E-state index is 0.0573. The smallest absolute Gasteiger partial charge is 0.254 e. The second-order valence-corrected chi connectivity index (χ2v) is 10.7. The summed E-state index contributed by atoms with van der Waals surface area (Å²) in [6, 6.07) is 13.2. The number of aliphatic hydroxyl groups excluding tert-OH is 1. The molecule has 40 heavy (non-hydrogen) atoms. The van der Waals surface area contributed by atoms with Gasteiger partial charge in [-0.25, -0.2) is 9.07 Å². The van der Waals surface area contributed by atoms with Crippen LogP contribution in [0.3, 0.4) is 0 Å². The van der Waals surface area contributed by atoms with Crippen LogP contribution in [0.4, 0.5) is 4.39 Å². The monoisotopic (exact) mass is 622 g/mol. The maximum Gasteiger partial charge on any atom is 0.254 e. The molecule has 1 amide bonds. The fourth-order valence-electron chi connectivity index (χ4n) is 4.65. The molecule has 0 radical (unpaired) electrons. The number of benzene rings is 2. The number of pyridine rings is 1. The Bertz CT molecular complexity index is 1720. The van der Waals surface area contributed by atoms with Crippen molar-refractivity contribution in [3.05, 3.63) is 111 Å². The van der Waals surface area contributed by atoms with E-state index in [9.17, 15) is 14.3 Å². The molecular weight excluding hydrogens is 603 g/mol. The summed E-state index contributed by atoms with van der Waals surface area (Å²) in [4.78, 5) is 19.3. The van der Waals surface area contributed by atoms with Crippen molar-refractivity contribution < 1.29 is 14.3 Å². The number of carbonyl (C=O) groups excluding carboxylic acids is 1. The Hall–Kier alpha value is -4.00. The van der Waals surface area contributed by atoms with Crippen molar-refractivity contribution in [3.63, 3.8) is 0 Å². The van der Waals surface area contributed by atoms with Gasteiger partial charge in [0.25, 0.3) is 5.91 Å². The molecule has 6 rings (SSSR count). The van der Waals surface area contributed by atoms with Gasteiger partial charge in [-0.3, -0.25) is 9.78 Å². The van der Waals surface area contributed by atoms with Crippen LogP contribution in [0.1, 0.15) is 39.1 Å². The van der Waals surface area contributed by atoms with Gasteiger partial charge in [-0.1, -0.05) is 35.0 Å². The van der Waals surface area contributed by atoms with E-state index in [0.29, 0.717) is 43.4 Å². The highest BCUT2D eigenvalue weighted by molar-refractivity contribution is 9.10. The molecule has 0 bridgehead atoms. The average molecular weight is 624 g/mol. The third kappa shape index (κ3) is 5.25. The average Bonchev–Trinajstić information content (AvgIpc) is 3.59. The highest BCUT2D eigenvalue weighted by Gasteiger charge is 2.26. The molecule has 202 valence electrons. The van der Waals surface area contributed by atoms with Crippen LogP contribution in [-0.2, 0) is 19.6 Å². The third-order valence-corrected chi connectivity index (χ3v) is 7.28. The minimum Gasteiger partial charge on any atom is -0.382 e. The fraction of sp³-hybridized carbons (Fsp3) is 0.185. The standard InChI is InChI=1S/C27H21BrClFN8O2/c28-19-9-18(11-31-12-19)26-34-33-24-15-36(6-7-38(24)26)27(40)17-3-1-2-16(8-17)13-37-14-23(32-35-37)25(39)21-5-4-20(29)10-22(21)30/h1-5,8-12,14,25,39H,6-7,13,15H2. The van der Waals surface area contributed by atoms with Crippen LogP contribution in [0.2, 0.25) is 5.02 Å². The van der Waals surface area contributed by atoms with Crippen molar-refractivity contribution in [2.24, 2.45) is 0 Å². The normalized spacial score (nSPS) is 13.8. The van der Waals surface area contributed by atoms with Crippen LogP contribution in [0.5, 0.6) is 0 Å². The number of nitrogens with zero attached hydrogens (tertiary/aromatic N) is 8. The van der Waals surface area contributed by atoms with Gasteiger partial charge in [-0.05, 0) is 51.8 Å². The fourth-order valence-corrected chi connectivity index (χ4v) is 5.17. The summed E-state index contributed by atoms with van der Waals surface area (Å²) in [5, 5.41) is 27.5. The molecule has 1 aliphatic rings. The first-order valence-corrected chi connectivity index (χ1v) is 13.5. The molecule has 2 aromatic carbocycles. The lowest BCUT2D eigenvalue weighted by atomic mass is 10.1. The molecule has 4 heterocycles. The number of halogens is 3. The zero-order chi connectivity index (χ0) is 27.8. The largest absolute Gasteiger partial charge is 0.382 e. The predicted octanol–water partition coefficient (Wildman–Crippen LogP) is 4.27. The SMILES string of the molecule is O=C(c1cccc(Cn2cc(C(O)c3ccc(Cl)cc3F)nn2)c1)N1CCn2c(nnc2-c2cncc(Br)c2)C1. The second-order valence-electron chi connectivity index (χ2n) is 9.32. The van der Waals surface area contributed by atoms with Crippen molar-refractivity contribution in [3.8, 4) is 11.4 Å². The van der Waals surface area contributed by atoms with Crippen LogP contribution in [0, 0.1) is 5.82 Å². The topological polar surface area (TPSA) is 115 Å². The number of aromatic nitrogens is 7. The molecular formula is C27H21BrClFN8O2. The summed E-state index contributed by atoms with van der Waals surface area (Å²) in [5.41, 5.74) is 2.46. The van der Waals surface area contributed by atoms with E-state index in [2.05, 4.69) is 41.4 Å². The summed E-state index contributed by atoms with van der Waals surface area (Å²) in [6.07, 6.45) is 3.70. The summed E-state index contributed by atoms with van der Waals surface area (Å²) < 4.78 is 18.6. The van der Waals surface area contributed by atoms with Gasteiger partial charge in [0.15, 0.2) is 11.6 Å². The molecule has 0 aliphatic carbocycles. The first kappa shape index (κ1) is 26.2. The van der Waals surface area contributed by atoms with Crippen molar-refractivity contribution in [2.75, 3.05) is 6.54 Å². The number of hydrogen-bond acceptors (Lipinski definition) is 7. The number of aliphatic hydroxyl groups is 1. The number of hydrogen-bond donors (Lipinski definition) is 1. The van der Waals surface area contributed by atoms with Crippen LogP contribution in [-0.4, -0.2) is 57.2 Å². The summed E-state index contributed by atoms with van der Waals surface area (Å²) >= 11 is 9.24. The summed E-state index contributed by atoms with van der Waals surface area (Å²) in [6.45, 7) is 1.72. The molecule has 5 aromatic rings. The molecule has 13 heteroatoms. The molecule has 0 saturated heterocycles. The van der Waals surface area contributed by atoms with E-state index in [1.54, 1.807) is 35.6 Å². The lowest BCUT2D eigenvalue weighted by Crippen LogP contribution is -2.38. The third-order valence-electron chi connectivity index (χ3n) is 6.62. The minimum atomic E-state index is -1.29. The van der Waals surface area contributed by atoms with Crippen LogP contribution >= 0.6 is 27.5 Å². The Morgan fingerprint density at radius 3 is 2.80 bits per heavy atom. The van der Waals surface area contributed by atoms with Gasteiger partial charge in [0.1, 0.15) is 17.6 Å². The predicted molar refractivity (Wildman–Crippen MR) is 147 cm³/mol. The maximum absolute atomic E-state index is 14.2. The van der Waals surface area contributed by atoms with E-state index in [0.717, 1.165) is 21.7 Å². The van der Waals surface area contributed by atoms with E-state index >= 15 is 0 Å². The Kier molecular flexibility index (Phi) is 7.13. The Labute approximate surface area is 241 Å². The number of amides is 1. The molecule has 0 spiro atoms. The Morgan fingerprint density at radius 2 is 1.98 bits per heavy atom. The van der Waals surface area contributed by atoms with E-state index < -0.39 is 11.9 Å². The van der Waals surface area contributed by atoms with Gasteiger partial charge in [0.05, 0.1) is 19.3 Å². The highest BCUT2D eigenvalue weighted by atomic mass is 79.9. The molecule has 10 nitrogen and oxygen atoms in total. The van der Waals surface area contributed by atoms with Gasteiger partial charge >= 0.3 is 0 Å². The first-order valence-electron chi connectivity index (χ1n) is 12.3. The Balaban J connectivity index is 1.15. The van der Waals surface area contributed by atoms with Crippen molar-refractivity contribution >= 4 is 33.4 Å². The molecule has 0 fully saturated rings. The number of rotatable bonds is 6. The lowest BCUT2D eigenvalue weighted by molar-refractivity contribution is 0.0708. The molecule has 1 N–H and O–H groups in total. The molecule has 3 aromatic heterocycles.